The summed E-state index contributed by atoms with van der Waals surface area (Å²) in [7, 11) is 0. The van der Waals surface area contributed by atoms with Crippen LogP contribution in [-0.2, 0) is 0 Å². The van der Waals surface area contributed by atoms with E-state index in [-0.39, 0.29) is 0 Å². The standard InChI is InChI=1S/C21H21NOS/c1-2-3-4-5-16-23-21-14-10-19(11-15-21)7-6-18-8-12-20(13-9-18)22-17-24/h8-15H,2-5,16H2,1H3. The first kappa shape index (κ1) is 17.9. The van der Waals surface area contributed by atoms with E-state index in [0.717, 1.165) is 35.6 Å². The van der Waals surface area contributed by atoms with Crippen LogP contribution in [0, 0.1) is 11.8 Å². The molecule has 2 aromatic carbocycles. The average molecular weight is 335 g/mol. The van der Waals surface area contributed by atoms with Crippen LogP contribution in [0.2, 0.25) is 0 Å². The number of rotatable bonds is 7. The van der Waals surface area contributed by atoms with Crippen molar-refractivity contribution < 1.29 is 4.74 Å². The lowest BCUT2D eigenvalue weighted by Crippen LogP contribution is -1.96. The normalized spacial score (nSPS) is 9.54. The van der Waals surface area contributed by atoms with Crippen molar-refractivity contribution in [2.45, 2.75) is 32.6 Å². The van der Waals surface area contributed by atoms with Crippen molar-refractivity contribution in [3.05, 3.63) is 59.7 Å². The molecule has 0 fully saturated rings. The van der Waals surface area contributed by atoms with E-state index < -0.39 is 0 Å². The molecule has 0 aromatic heterocycles. The zero-order valence-electron chi connectivity index (χ0n) is 13.9. The smallest absolute Gasteiger partial charge is 0.119 e. The number of benzene rings is 2. The molecule has 0 bridgehead atoms. The zero-order chi connectivity index (χ0) is 17.0. The van der Waals surface area contributed by atoms with E-state index in [1.807, 2.05) is 48.5 Å². The topological polar surface area (TPSA) is 21.6 Å². The Morgan fingerprint density at radius 3 is 2.08 bits per heavy atom. The van der Waals surface area contributed by atoms with Crippen LogP contribution in [0.3, 0.4) is 0 Å². The summed E-state index contributed by atoms with van der Waals surface area (Å²) < 4.78 is 5.73. The molecule has 2 nitrogen and oxygen atoms in total. The first-order chi connectivity index (χ1) is 11.8. The van der Waals surface area contributed by atoms with Crippen LogP contribution in [0.25, 0.3) is 0 Å². The predicted octanol–water partition coefficient (Wildman–Crippen LogP) is 5.78. The molecule has 0 saturated carbocycles. The Morgan fingerprint density at radius 1 is 0.875 bits per heavy atom. The summed E-state index contributed by atoms with van der Waals surface area (Å²) in [5.41, 5.74) is 2.69. The van der Waals surface area contributed by atoms with Gasteiger partial charge in [-0.3, -0.25) is 0 Å². The van der Waals surface area contributed by atoms with Crippen molar-refractivity contribution in [2.24, 2.45) is 4.99 Å². The Labute approximate surface area is 149 Å². The first-order valence-corrected chi connectivity index (χ1v) is 8.65. The highest BCUT2D eigenvalue weighted by Crippen LogP contribution is 2.14. The number of isothiocyanates is 1. The molecule has 0 atom stereocenters. The molecule has 0 unspecified atom stereocenters. The molecular formula is C21H21NOS. The van der Waals surface area contributed by atoms with Crippen LogP contribution in [0.5, 0.6) is 5.75 Å². The minimum atomic E-state index is 0.779. The van der Waals surface area contributed by atoms with E-state index >= 15 is 0 Å². The minimum Gasteiger partial charge on any atom is -0.494 e. The van der Waals surface area contributed by atoms with Gasteiger partial charge in [-0.05, 0) is 67.2 Å². The SMILES string of the molecule is CCCCCCOc1ccc(C#Cc2ccc(N=C=S)cc2)cc1. The van der Waals surface area contributed by atoms with E-state index in [1.165, 1.54) is 19.3 Å². The fraction of sp³-hybridized carbons (Fsp3) is 0.286. The molecule has 0 heterocycles. The quantitative estimate of drug-likeness (QED) is 0.277. The summed E-state index contributed by atoms with van der Waals surface area (Å²) in [4.78, 5) is 3.92. The molecular weight excluding hydrogens is 314 g/mol. The molecule has 0 amide bonds. The fourth-order valence-electron chi connectivity index (χ4n) is 2.17. The van der Waals surface area contributed by atoms with E-state index in [4.69, 9.17) is 4.74 Å². The molecule has 0 aliphatic heterocycles. The molecule has 0 radical (unpaired) electrons. The van der Waals surface area contributed by atoms with Gasteiger partial charge in [0.25, 0.3) is 0 Å². The lowest BCUT2D eigenvalue weighted by molar-refractivity contribution is 0.305. The van der Waals surface area contributed by atoms with Crippen molar-refractivity contribution in [1.29, 1.82) is 0 Å². The number of aliphatic imine (C=N–C) groups is 1. The summed E-state index contributed by atoms with van der Waals surface area (Å²) in [6, 6.07) is 15.5. The largest absolute Gasteiger partial charge is 0.494 e. The van der Waals surface area contributed by atoms with E-state index in [0.29, 0.717) is 0 Å². The highest BCUT2D eigenvalue weighted by Gasteiger charge is 1.95. The number of thiocarbonyl (C=S) groups is 1. The second-order valence-corrected chi connectivity index (χ2v) is 5.62. The highest BCUT2D eigenvalue weighted by atomic mass is 32.1. The third kappa shape index (κ3) is 6.38. The molecule has 0 N–H and O–H groups in total. The van der Waals surface area contributed by atoms with Gasteiger partial charge in [-0.15, -0.1) is 0 Å². The second kappa shape index (κ2) is 10.4. The Balaban J connectivity index is 1.88. The van der Waals surface area contributed by atoms with Crippen LogP contribution in [0.1, 0.15) is 43.7 Å². The molecule has 0 aliphatic rings. The Hall–Kier alpha value is -2.40. The van der Waals surface area contributed by atoms with E-state index in [1.54, 1.807) is 0 Å². The first-order valence-electron chi connectivity index (χ1n) is 8.24. The van der Waals surface area contributed by atoms with Crippen LogP contribution < -0.4 is 4.74 Å². The maximum absolute atomic E-state index is 5.73. The number of hydrogen-bond donors (Lipinski definition) is 0. The van der Waals surface area contributed by atoms with Gasteiger partial charge >= 0.3 is 0 Å². The van der Waals surface area contributed by atoms with Crippen molar-refractivity contribution in [2.75, 3.05) is 6.61 Å². The van der Waals surface area contributed by atoms with Gasteiger partial charge in [-0.1, -0.05) is 38.0 Å². The van der Waals surface area contributed by atoms with Gasteiger partial charge in [0, 0.05) is 11.1 Å². The third-order valence-corrected chi connectivity index (χ3v) is 3.61. The van der Waals surface area contributed by atoms with Crippen molar-refractivity contribution in [1.82, 2.24) is 0 Å². The molecule has 0 spiro atoms. The summed E-state index contributed by atoms with van der Waals surface area (Å²) >= 11 is 4.58. The van der Waals surface area contributed by atoms with Gasteiger partial charge in [-0.2, -0.15) is 4.99 Å². The van der Waals surface area contributed by atoms with Crippen LogP contribution in [0.4, 0.5) is 5.69 Å². The maximum Gasteiger partial charge on any atom is 0.119 e. The zero-order valence-corrected chi connectivity index (χ0v) is 14.7. The monoisotopic (exact) mass is 335 g/mol. The van der Waals surface area contributed by atoms with Crippen molar-refractivity contribution >= 4 is 23.1 Å². The average Bonchev–Trinajstić information content (AvgIpc) is 2.62. The molecule has 0 aliphatic carbocycles. The maximum atomic E-state index is 5.73. The van der Waals surface area contributed by atoms with Gasteiger partial charge in [-0.25, -0.2) is 0 Å². The number of hydrogen-bond acceptors (Lipinski definition) is 3. The van der Waals surface area contributed by atoms with Gasteiger partial charge in [0.05, 0.1) is 17.5 Å². The molecule has 3 heteroatoms. The summed E-state index contributed by atoms with van der Waals surface area (Å²) in [5.74, 6) is 7.19. The molecule has 24 heavy (non-hydrogen) atoms. The molecule has 2 aromatic rings. The third-order valence-electron chi connectivity index (χ3n) is 3.51. The van der Waals surface area contributed by atoms with Crippen molar-refractivity contribution in [3.8, 4) is 17.6 Å². The highest BCUT2D eigenvalue weighted by molar-refractivity contribution is 7.78. The minimum absolute atomic E-state index is 0.779. The second-order valence-electron chi connectivity index (χ2n) is 5.43. The summed E-state index contributed by atoms with van der Waals surface area (Å²) in [6.45, 7) is 2.99. The van der Waals surface area contributed by atoms with Gasteiger partial charge in [0.15, 0.2) is 0 Å². The Bertz CT molecular complexity index is 732. The molecule has 2 rings (SSSR count). The fourth-order valence-corrected chi connectivity index (χ4v) is 2.28. The summed E-state index contributed by atoms with van der Waals surface area (Å²) in [6.07, 6.45) is 4.86. The Kier molecular flexibility index (Phi) is 7.77. The molecule has 122 valence electrons. The number of nitrogens with zero attached hydrogens (tertiary/aromatic N) is 1. The van der Waals surface area contributed by atoms with Gasteiger partial charge in [0.1, 0.15) is 5.75 Å². The van der Waals surface area contributed by atoms with E-state index in [9.17, 15) is 0 Å². The van der Waals surface area contributed by atoms with Crippen molar-refractivity contribution in [3.63, 3.8) is 0 Å². The Morgan fingerprint density at radius 2 is 1.50 bits per heavy atom. The lowest BCUT2D eigenvalue weighted by atomic mass is 10.1. The predicted molar refractivity (Wildman–Crippen MR) is 103 cm³/mol. The van der Waals surface area contributed by atoms with E-state index in [2.05, 4.69) is 41.1 Å². The van der Waals surface area contributed by atoms with Gasteiger partial charge < -0.3 is 4.74 Å². The molecule has 0 saturated heterocycles. The van der Waals surface area contributed by atoms with Crippen LogP contribution in [-0.4, -0.2) is 11.8 Å². The van der Waals surface area contributed by atoms with Crippen LogP contribution in [0.15, 0.2) is 53.5 Å². The number of unbranched alkanes of at least 4 members (excludes halogenated alkanes) is 3. The summed E-state index contributed by atoms with van der Waals surface area (Å²) in [5, 5.41) is 2.35. The lowest BCUT2D eigenvalue weighted by Gasteiger charge is -2.05. The van der Waals surface area contributed by atoms with Crippen LogP contribution >= 0.6 is 12.2 Å². The number of ether oxygens (including phenoxy) is 1. The van der Waals surface area contributed by atoms with Gasteiger partial charge in [0.2, 0.25) is 0 Å².